The van der Waals surface area contributed by atoms with Gasteiger partial charge in [0, 0.05) is 17.5 Å². The molecule has 0 N–H and O–H groups in total. The van der Waals surface area contributed by atoms with Gasteiger partial charge in [-0.2, -0.15) is 0 Å². The summed E-state index contributed by atoms with van der Waals surface area (Å²) in [6.45, 7) is 2.13. The largest absolute Gasteiger partial charge is 1.00 e. The Morgan fingerprint density at radius 1 is 0.889 bits per heavy atom. The first-order valence-electron chi connectivity index (χ1n) is 6.12. The first-order chi connectivity index (χ1) is 8.42. The Balaban J connectivity index is 0.00000120. The highest BCUT2D eigenvalue weighted by Crippen LogP contribution is 2.12. The molecule has 0 amide bonds. The molecule has 2 aromatic rings. The van der Waals surface area contributed by atoms with Crippen LogP contribution in [0.15, 0.2) is 54.6 Å². The van der Waals surface area contributed by atoms with Crippen LogP contribution < -0.4 is 17.0 Å². The molecule has 0 spiro atoms. The maximum Gasteiger partial charge on any atom is 0.171 e. The van der Waals surface area contributed by atoms with Crippen molar-refractivity contribution in [1.29, 1.82) is 0 Å². The lowest BCUT2D eigenvalue weighted by molar-refractivity contribution is -0.540. The zero-order valence-electron chi connectivity index (χ0n) is 10.2. The minimum Gasteiger partial charge on any atom is -1.00 e. The molecule has 1 aliphatic heterocycles. The highest BCUT2D eigenvalue weighted by molar-refractivity contribution is 5.78. The van der Waals surface area contributed by atoms with E-state index in [1.807, 2.05) is 0 Å². The number of benzene rings is 2. The van der Waals surface area contributed by atoms with Crippen LogP contribution in [0.2, 0.25) is 0 Å². The van der Waals surface area contributed by atoms with Crippen molar-refractivity contribution in [3.63, 3.8) is 0 Å². The highest BCUT2D eigenvalue weighted by atomic mass is 79.9. The molecule has 18 heavy (non-hydrogen) atoms. The minimum absolute atomic E-state index is 0. The minimum atomic E-state index is 0. The van der Waals surface area contributed by atoms with Crippen LogP contribution in [0.1, 0.15) is 16.7 Å². The van der Waals surface area contributed by atoms with Crippen molar-refractivity contribution in [2.24, 2.45) is 0 Å². The van der Waals surface area contributed by atoms with E-state index in [0.717, 1.165) is 19.5 Å². The summed E-state index contributed by atoms with van der Waals surface area (Å²) in [5.41, 5.74) is 4.22. The van der Waals surface area contributed by atoms with Crippen LogP contribution >= 0.6 is 0 Å². The third kappa shape index (κ3) is 2.88. The van der Waals surface area contributed by atoms with Gasteiger partial charge in [-0.1, -0.05) is 48.5 Å². The molecule has 0 atom stereocenters. The third-order valence-corrected chi connectivity index (χ3v) is 3.27. The van der Waals surface area contributed by atoms with Gasteiger partial charge in [0.25, 0.3) is 0 Å². The molecule has 0 bridgehead atoms. The quantitative estimate of drug-likeness (QED) is 0.681. The Morgan fingerprint density at radius 3 is 2.44 bits per heavy atom. The molecular formula is C16H16BrN. The second kappa shape index (κ2) is 5.96. The van der Waals surface area contributed by atoms with Gasteiger partial charge in [0.2, 0.25) is 0 Å². The molecule has 0 unspecified atom stereocenters. The van der Waals surface area contributed by atoms with Gasteiger partial charge in [0.1, 0.15) is 6.54 Å². The van der Waals surface area contributed by atoms with E-state index in [2.05, 4.69) is 65.4 Å². The molecule has 0 aromatic heterocycles. The number of fused-ring (bicyclic) bond motifs is 1. The zero-order valence-corrected chi connectivity index (χ0v) is 11.8. The maximum atomic E-state index is 2.40. The van der Waals surface area contributed by atoms with Gasteiger partial charge in [-0.25, -0.2) is 4.58 Å². The Kier molecular flexibility index (Phi) is 4.32. The van der Waals surface area contributed by atoms with E-state index in [1.54, 1.807) is 0 Å². The molecule has 0 saturated carbocycles. The normalized spacial score (nSPS) is 13.2. The smallest absolute Gasteiger partial charge is 0.171 e. The first kappa shape index (κ1) is 13.0. The van der Waals surface area contributed by atoms with Crippen LogP contribution in [0.25, 0.3) is 0 Å². The topological polar surface area (TPSA) is 3.01 Å². The predicted molar refractivity (Wildman–Crippen MR) is 70.6 cm³/mol. The van der Waals surface area contributed by atoms with E-state index < -0.39 is 0 Å². The van der Waals surface area contributed by atoms with E-state index in [9.17, 15) is 0 Å². The average Bonchev–Trinajstić information content (AvgIpc) is 2.40. The van der Waals surface area contributed by atoms with Crippen LogP contribution in [0.4, 0.5) is 0 Å². The molecule has 1 nitrogen and oxygen atoms in total. The summed E-state index contributed by atoms with van der Waals surface area (Å²) in [4.78, 5) is 0. The van der Waals surface area contributed by atoms with Crippen LogP contribution in [-0.4, -0.2) is 17.3 Å². The third-order valence-electron chi connectivity index (χ3n) is 3.27. The average molecular weight is 302 g/mol. The fourth-order valence-electron chi connectivity index (χ4n) is 2.36. The Bertz CT molecular complexity index is 546. The number of hydrogen-bond acceptors (Lipinski definition) is 0. The Morgan fingerprint density at radius 2 is 1.61 bits per heavy atom. The fraction of sp³-hybridized carbons (Fsp3) is 0.188. The van der Waals surface area contributed by atoms with Crippen molar-refractivity contribution in [3.05, 3.63) is 71.3 Å². The van der Waals surface area contributed by atoms with E-state index in [0.29, 0.717) is 0 Å². The van der Waals surface area contributed by atoms with Crippen LogP contribution in [0.5, 0.6) is 0 Å². The van der Waals surface area contributed by atoms with Crippen LogP contribution in [0, 0.1) is 0 Å². The van der Waals surface area contributed by atoms with Gasteiger partial charge in [0.05, 0.1) is 0 Å². The molecular weight excluding hydrogens is 286 g/mol. The lowest BCUT2D eigenvalue weighted by Gasteiger charge is -2.12. The number of nitrogens with zero attached hydrogens (tertiary/aromatic N) is 1. The molecule has 2 aromatic carbocycles. The molecule has 92 valence electrons. The van der Waals surface area contributed by atoms with E-state index in [4.69, 9.17) is 0 Å². The van der Waals surface area contributed by atoms with E-state index in [-0.39, 0.29) is 17.0 Å². The van der Waals surface area contributed by atoms with Gasteiger partial charge in [-0.3, -0.25) is 0 Å². The summed E-state index contributed by atoms with van der Waals surface area (Å²) in [5.74, 6) is 0. The van der Waals surface area contributed by atoms with Crippen molar-refractivity contribution in [2.45, 2.75) is 13.0 Å². The van der Waals surface area contributed by atoms with Gasteiger partial charge < -0.3 is 17.0 Å². The molecule has 0 saturated heterocycles. The summed E-state index contributed by atoms with van der Waals surface area (Å²) in [7, 11) is 0. The number of hydrogen-bond donors (Lipinski definition) is 0. The second-order valence-corrected chi connectivity index (χ2v) is 4.53. The van der Waals surface area contributed by atoms with Crippen molar-refractivity contribution in [3.8, 4) is 0 Å². The van der Waals surface area contributed by atoms with Crippen LogP contribution in [0.3, 0.4) is 0 Å². The van der Waals surface area contributed by atoms with Gasteiger partial charge in [0.15, 0.2) is 12.8 Å². The molecule has 1 aliphatic rings. The number of rotatable bonds is 2. The lowest BCUT2D eigenvalue weighted by Crippen LogP contribution is -3.00. The summed E-state index contributed by atoms with van der Waals surface area (Å²) < 4.78 is 2.40. The maximum absolute atomic E-state index is 2.40. The fourth-order valence-corrected chi connectivity index (χ4v) is 2.36. The van der Waals surface area contributed by atoms with Crippen molar-refractivity contribution in [1.82, 2.24) is 0 Å². The van der Waals surface area contributed by atoms with Crippen molar-refractivity contribution >= 4 is 6.21 Å². The highest BCUT2D eigenvalue weighted by Gasteiger charge is 2.14. The summed E-state index contributed by atoms with van der Waals surface area (Å²) in [6, 6.07) is 19.3. The predicted octanol–water partition coefficient (Wildman–Crippen LogP) is -0.122. The molecule has 1 heterocycles. The van der Waals surface area contributed by atoms with Gasteiger partial charge in [-0.15, -0.1) is 0 Å². The van der Waals surface area contributed by atoms with Crippen molar-refractivity contribution < 1.29 is 21.6 Å². The van der Waals surface area contributed by atoms with Gasteiger partial charge >= 0.3 is 0 Å². The first-order valence-corrected chi connectivity index (χ1v) is 6.12. The molecule has 0 radical (unpaired) electrons. The van der Waals surface area contributed by atoms with Crippen molar-refractivity contribution in [2.75, 3.05) is 6.54 Å². The summed E-state index contributed by atoms with van der Waals surface area (Å²) in [6.07, 6.45) is 3.44. The van der Waals surface area contributed by atoms with Crippen LogP contribution in [-0.2, 0) is 13.0 Å². The molecule has 2 heteroatoms. The summed E-state index contributed by atoms with van der Waals surface area (Å²) in [5, 5.41) is 0. The molecule has 0 aliphatic carbocycles. The zero-order chi connectivity index (χ0) is 11.5. The molecule has 0 fully saturated rings. The summed E-state index contributed by atoms with van der Waals surface area (Å²) >= 11 is 0. The number of halogens is 1. The Hall–Kier alpha value is -1.41. The standard InChI is InChI=1S/C16H16N.BrH/c1-2-6-14(7-3-1)12-17-11-10-15-8-4-5-9-16(15)13-17;/h1-9,13H,10-12H2;1H/q+1;/p-1. The van der Waals surface area contributed by atoms with E-state index in [1.165, 1.54) is 16.7 Å². The second-order valence-electron chi connectivity index (χ2n) is 4.53. The van der Waals surface area contributed by atoms with E-state index >= 15 is 0 Å². The van der Waals surface area contributed by atoms with Gasteiger partial charge in [-0.05, 0) is 11.6 Å². The lowest BCUT2D eigenvalue weighted by atomic mass is 10.0. The SMILES string of the molecule is C1=[N+](Cc2ccccc2)CCc2ccccc21.[Br-]. The monoisotopic (exact) mass is 301 g/mol. The molecule has 3 rings (SSSR count). The Labute approximate surface area is 119 Å².